The van der Waals surface area contributed by atoms with E-state index in [9.17, 15) is 4.39 Å². The SMILES string of the molecule is Fc1cccc2c1CCC(CC1CN=CN1)=C2. The third kappa shape index (κ3) is 2.09. The number of nitrogens with zero attached hydrogens (tertiary/aromatic N) is 1. The lowest BCUT2D eigenvalue weighted by Crippen LogP contribution is -2.25. The van der Waals surface area contributed by atoms with Crippen LogP contribution in [0.2, 0.25) is 0 Å². The zero-order valence-electron chi connectivity index (χ0n) is 9.62. The maximum atomic E-state index is 13.5. The summed E-state index contributed by atoms with van der Waals surface area (Å²) in [5, 5.41) is 3.23. The third-order valence-electron chi connectivity index (χ3n) is 3.45. The second-order valence-corrected chi connectivity index (χ2v) is 4.67. The highest BCUT2D eigenvalue weighted by molar-refractivity contribution is 5.61. The van der Waals surface area contributed by atoms with E-state index in [1.807, 2.05) is 6.07 Å². The Labute approximate surface area is 100 Å². The molecule has 0 saturated heterocycles. The Hall–Kier alpha value is -1.64. The molecule has 1 aliphatic heterocycles. The number of benzene rings is 1. The number of nitrogens with one attached hydrogen (secondary N) is 1. The molecule has 0 radical (unpaired) electrons. The van der Waals surface area contributed by atoms with Gasteiger partial charge in [-0.25, -0.2) is 4.39 Å². The first kappa shape index (κ1) is 10.5. The van der Waals surface area contributed by atoms with Crippen LogP contribution in [0.1, 0.15) is 24.0 Å². The monoisotopic (exact) mass is 230 g/mol. The van der Waals surface area contributed by atoms with Gasteiger partial charge >= 0.3 is 0 Å². The first-order chi connectivity index (χ1) is 8.33. The Morgan fingerprint density at radius 3 is 3.12 bits per heavy atom. The fourth-order valence-corrected chi connectivity index (χ4v) is 2.54. The largest absolute Gasteiger partial charge is 0.372 e. The van der Waals surface area contributed by atoms with Crippen molar-refractivity contribution >= 4 is 12.4 Å². The van der Waals surface area contributed by atoms with Crippen LogP contribution in [-0.4, -0.2) is 18.9 Å². The van der Waals surface area contributed by atoms with Crippen LogP contribution in [-0.2, 0) is 6.42 Å². The first-order valence-corrected chi connectivity index (χ1v) is 6.04. The van der Waals surface area contributed by atoms with Crippen LogP contribution in [0, 0.1) is 5.82 Å². The summed E-state index contributed by atoms with van der Waals surface area (Å²) in [5.74, 6) is -0.0693. The van der Waals surface area contributed by atoms with Crippen molar-refractivity contribution < 1.29 is 4.39 Å². The minimum atomic E-state index is -0.0693. The summed E-state index contributed by atoms with van der Waals surface area (Å²) >= 11 is 0. The summed E-state index contributed by atoms with van der Waals surface area (Å²) in [6, 6.07) is 5.75. The highest BCUT2D eigenvalue weighted by Gasteiger charge is 2.17. The number of aliphatic imine (C=N–C) groups is 1. The molecule has 0 spiro atoms. The standard InChI is InChI=1S/C14H15FN2/c15-14-3-1-2-11-6-10(4-5-13(11)14)7-12-8-16-9-17-12/h1-3,6,9,12H,4-5,7-8H2,(H,16,17). The predicted molar refractivity (Wildman–Crippen MR) is 67.6 cm³/mol. The van der Waals surface area contributed by atoms with Crippen LogP contribution in [0.5, 0.6) is 0 Å². The molecule has 17 heavy (non-hydrogen) atoms. The van der Waals surface area contributed by atoms with Gasteiger partial charge in [0.05, 0.1) is 18.9 Å². The molecular weight excluding hydrogens is 215 g/mol. The third-order valence-corrected chi connectivity index (χ3v) is 3.45. The van der Waals surface area contributed by atoms with E-state index in [-0.39, 0.29) is 5.82 Å². The molecule has 1 aromatic rings. The molecule has 3 rings (SSSR count). The van der Waals surface area contributed by atoms with E-state index in [1.165, 1.54) is 5.57 Å². The van der Waals surface area contributed by atoms with E-state index >= 15 is 0 Å². The quantitative estimate of drug-likeness (QED) is 0.829. The first-order valence-electron chi connectivity index (χ1n) is 6.04. The van der Waals surface area contributed by atoms with Crippen molar-refractivity contribution in [1.82, 2.24) is 5.32 Å². The summed E-state index contributed by atoms with van der Waals surface area (Å²) in [6.45, 7) is 0.855. The molecule has 0 fully saturated rings. The highest BCUT2D eigenvalue weighted by atomic mass is 19.1. The van der Waals surface area contributed by atoms with Crippen molar-refractivity contribution in [3.05, 3.63) is 40.7 Å². The zero-order valence-corrected chi connectivity index (χ0v) is 9.62. The number of hydrogen-bond donors (Lipinski definition) is 1. The lowest BCUT2D eigenvalue weighted by atomic mass is 9.89. The minimum Gasteiger partial charge on any atom is -0.372 e. The van der Waals surface area contributed by atoms with Crippen LogP contribution in [0.4, 0.5) is 4.39 Å². The molecule has 2 aliphatic rings. The van der Waals surface area contributed by atoms with E-state index < -0.39 is 0 Å². The normalized spacial score (nSPS) is 21.9. The van der Waals surface area contributed by atoms with Crippen molar-refractivity contribution in [3.63, 3.8) is 0 Å². The second-order valence-electron chi connectivity index (χ2n) is 4.67. The summed E-state index contributed by atoms with van der Waals surface area (Å²) in [4.78, 5) is 4.17. The molecule has 88 valence electrons. The number of hydrogen-bond acceptors (Lipinski definition) is 2. The van der Waals surface area contributed by atoms with Gasteiger partial charge in [-0.2, -0.15) is 0 Å². The van der Waals surface area contributed by atoms with E-state index in [1.54, 1.807) is 18.5 Å². The summed E-state index contributed by atoms with van der Waals surface area (Å²) in [6.07, 6.45) is 6.72. The average molecular weight is 230 g/mol. The number of rotatable bonds is 2. The zero-order chi connectivity index (χ0) is 11.7. The maximum absolute atomic E-state index is 13.5. The van der Waals surface area contributed by atoms with Gasteiger partial charge in [0.15, 0.2) is 0 Å². The minimum absolute atomic E-state index is 0.0693. The van der Waals surface area contributed by atoms with Gasteiger partial charge in [-0.05, 0) is 36.5 Å². The van der Waals surface area contributed by atoms with Gasteiger partial charge in [0.1, 0.15) is 5.82 Å². The van der Waals surface area contributed by atoms with Gasteiger partial charge < -0.3 is 5.32 Å². The average Bonchev–Trinajstić information content (AvgIpc) is 2.82. The lowest BCUT2D eigenvalue weighted by Gasteiger charge is -2.19. The van der Waals surface area contributed by atoms with Crippen molar-refractivity contribution in [2.45, 2.75) is 25.3 Å². The van der Waals surface area contributed by atoms with Crippen LogP contribution in [0.25, 0.3) is 6.08 Å². The van der Waals surface area contributed by atoms with Crippen LogP contribution >= 0.6 is 0 Å². The highest BCUT2D eigenvalue weighted by Crippen LogP contribution is 2.28. The van der Waals surface area contributed by atoms with Crippen molar-refractivity contribution in [2.24, 2.45) is 4.99 Å². The molecule has 2 nitrogen and oxygen atoms in total. The Bertz CT molecular complexity index is 483. The molecule has 1 unspecified atom stereocenters. The molecule has 1 aromatic carbocycles. The topological polar surface area (TPSA) is 24.4 Å². The Balaban J connectivity index is 1.80. The van der Waals surface area contributed by atoms with Gasteiger partial charge in [-0.3, -0.25) is 4.99 Å². The second kappa shape index (κ2) is 4.32. The molecule has 0 amide bonds. The van der Waals surface area contributed by atoms with Crippen LogP contribution < -0.4 is 5.32 Å². The number of fused-ring (bicyclic) bond motifs is 1. The van der Waals surface area contributed by atoms with Gasteiger partial charge in [-0.15, -0.1) is 0 Å². The molecule has 0 saturated carbocycles. The molecule has 1 atom stereocenters. The molecule has 1 N–H and O–H groups in total. The van der Waals surface area contributed by atoms with Gasteiger partial charge in [0.25, 0.3) is 0 Å². The molecule has 1 heterocycles. The number of halogens is 1. The Morgan fingerprint density at radius 1 is 1.35 bits per heavy atom. The van der Waals surface area contributed by atoms with E-state index in [4.69, 9.17) is 0 Å². The smallest absolute Gasteiger partial charge is 0.127 e. The fourth-order valence-electron chi connectivity index (χ4n) is 2.54. The summed E-state index contributed by atoms with van der Waals surface area (Å²) in [7, 11) is 0. The molecule has 0 bridgehead atoms. The molecule has 0 aromatic heterocycles. The Kier molecular flexibility index (Phi) is 2.67. The fraction of sp³-hybridized carbons (Fsp3) is 0.357. The van der Waals surface area contributed by atoms with E-state index in [2.05, 4.69) is 16.4 Å². The maximum Gasteiger partial charge on any atom is 0.127 e. The van der Waals surface area contributed by atoms with Gasteiger partial charge in [-0.1, -0.05) is 23.8 Å². The van der Waals surface area contributed by atoms with Crippen molar-refractivity contribution in [1.29, 1.82) is 0 Å². The van der Waals surface area contributed by atoms with Gasteiger partial charge in [0.2, 0.25) is 0 Å². The van der Waals surface area contributed by atoms with E-state index in [0.717, 1.165) is 36.9 Å². The lowest BCUT2D eigenvalue weighted by molar-refractivity contribution is 0.598. The summed E-state index contributed by atoms with van der Waals surface area (Å²) in [5.41, 5.74) is 3.31. The van der Waals surface area contributed by atoms with Gasteiger partial charge in [0, 0.05) is 0 Å². The molecule has 1 aliphatic carbocycles. The Morgan fingerprint density at radius 2 is 2.29 bits per heavy atom. The summed E-state index contributed by atoms with van der Waals surface area (Å²) < 4.78 is 13.5. The van der Waals surface area contributed by atoms with Crippen molar-refractivity contribution in [3.8, 4) is 0 Å². The molecule has 3 heteroatoms. The van der Waals surface area contributed by atoms with Crippen molar-refractivity contribution in [2.75, 3.05) is 6.54 Å². The van der Waals surface area contributed by atoms with Crippen LogP contribution in [0.3, 0.4) is 0 Å². The molecular formula is C14H15FN2. The van der Waals surface area contributed by atoms with Crippen LogP contribution in [0.15, 0.2) is 28.8 Å². The predicted octanol–water partition coefficient (Wildman–Crippen LogP) is 2.55. The van der Waals surface area contributed by atoms with E-state index in [0.29, 0.717) is 6.04 Å².